The van der Waals surface area contributed by atoms with Crippen molar-refractivity contribution in [3.8, 4) is 0 Å². The van der Waals surface area contributed by atoms with Gasteiger partial charge in [-0.2, -0.15) is 0 Å². The van der Waals surface area contributed by atoms with E-state index in [2.05, 4.69) is 17.2 Å². The van der Waals surface area contributed by atoms with Gasteiger partial charge in [0.05, 0.1) is 18.1 Å². The fourth-order valence-electron chi connectivity index (χ4n) is 2.14. The Morgan fingerprint density at radius 2 is 2.00 bits per heavy atom. The molecule has 20 heavy (non-hydrogen) atoms. The number of halogens is 2. The lowest BCUT2D eigenvalue weighted by molar-refractivity contribution is 0.519. The minimum atomic E-state index is 0.119. The average molecular weight is 312 g/mol. The molecule has 0 saturated heterocycles. The zero-order valence-corrected chi connectivity index (χ0v) is 13.2. The van der Waals surface area contributed by atoms with Gasteiger partial charge in [0.2, 0.25) is 0 Å². The van der Waals surface area contributed by atoms with E-state index in [0.717, 1.165) is 30.6 Å². The van der Waals surface area contributed by atoms with Crippen molar-refractivity contribution >= 4 is 23.2 Å². The fourth-order valence-corrected chi connectivity index (χ4v) is 2.70. The van der Waals surface area contributed by atoms with E-state index in [1.165, 1.54) is 0 Å². The van der Waals surface area contributed by atoms with Gasteiger partial charge in [-0.05, 0) is 37.1 Å². The van der Waals surface area contributed by atoms with Gasteiger partial charge in [-0.3, -0.25) is 0 Å². The van der Waals surface area contributed by atoms with Crippen LogP contribution in [-0.2, 0) is 13.5 Å². The Kier molecular flexibility index (Phi) is 5.46. The summed E-state index contributed by atoms with van der Waals surface area (Å²) < 4.78 is 1.95. The van der Waals surface area contributed by atoms with Crippen LogP contribution in [0.1, 0.15) is 30.6 Å². The maximum Gasteiger partial charge on any atom is 0.0947 e. The molecule has 0 radical (unpaired) electrons. The van der Waals surface area contributed by atoms with Crippen LogP contribution >= 0.6 is 23.2 Å². The van der Waals surface area contributed by atoms with Crippen molar-refractivity contribution in [3.63, 3.8) is 0 Å². The Labute approximate surface area is 129 Å². The topological polar surface area (TPSA) is 29.9 Å². The molecule has 1 unspecified atom stereocenters. The molecule has 1 aromatic carbocycles. The molecule has 0 aliphatic heterocycles. The summed E-state index contributed by atoms with van der Waals surface area (Å²) in [5, 5.41) is 4.92. The molecular weight excluding hydrogens is 293 g/mol. The molecule has 0 bridgehead atoms. The first-order chi connectivity index (χ1) is 9.61. The Hall–Kier alpha value is -1.03. The lowest BCUT2D eigenvalue weighted by Gasteiger charge is -2.18. The van der Waals surface area contributed by atoms with Crippen LogP contribution in [0.5, 0.6) is 0 Å². The van der Waals surface area contributed by atoms with Crippen LogP contribution in [-0.4, -0.2) is 16.1 Å². The maximum absolute atomic E-state index is 6.26. The highest BCUT2D eigenvalue weighted by Crippen LogP contribution is 2.28. The van der Waals surface area contributed by atoms with Gasteiger partial charge in [0, 0.05) is 23.3 Å². The first-order valence-corrected chi connectivity index (χ1v) is 7.51. The van der Waals surface area contributed by atoms with E-state index in [1.807, 2.05) is 42.3 Å². The summed E-state index contributed by atoms with van der Waals surface area (Å²) in [6.45, 7) is 3.08. The smallest absolute Gasteiger partial charge is 0.0947 e. The largest absolute Gasteiger partial charge is 0.340 e. The average Bonchev–Trinajstić information content (AvgIpc) is 2.84. The highest BCUT2D eigenvalue weighted by atomic mass is 35.5. The van der Waals surface area contributed by atoms with E-state index in [1.54, 1.807) is 0 Å². The molecule has 0 aliphatic rings. The van der Waals surface area contributed by atoms with E-state index in [4.69, 9.17) is 23.2 Å². The van der Waals surface area contributed by atoms with Crippen molar-refractivity contribution in [2.45, 2.75) is 25.8 Å². The molecule has 0 amide bonds. The van der Waals surface area contributed by atoms with Gasteiger partial charge in [-0.25, -0.2) is 4.98 Å². The van der Waals surface area contributed by atoms with Crippen molar-refractivity contribution in [2.75, 3.05) is 6.54 Å². The zero-order chi connectivity index (χ0) is 14.5. The third kappa shape index (κ3) is 3.75. The van der Waals surface area contributed by atoms with Crippen LogP contribution < -0.4 is 5.32 Å². The monoisotopic (exact) mass is 311 g/mol. The van der Waals surface area contributed by atoms with E-state index >= 15 is 0 Å². The second-order valence-corrected chi connectivity index (χ2v) is 5.69. The number of hydrogen-bond donors (Lipinski definition) is 1. The summed E-state index contributed by atoms with van der Waals surface area (Å²) >= 11 is 12.5. The van der Waals surface area contributed by atoms with Crippen LogP contribution in [0.2, 0.25) is 10.0 Å². The summed E-state index contributed by atoms with van der Waals surface area (Å²) in [4.78, 5) is 4.44. The fraction of sp³-hybridized carbons (Fsp3) is 0.400. The summed E-state index contributed by atoms with van der Waals surface area (Å²) in [6, 6.07) is 5.73. The highest BCUT2D eigenvalue weighted by Gasteiger charge is 2.17. The van der Waals surface area contributed by atoms with Crippen molar-refractivity contribution in [3.05, 3.63) is 52.0 Å². The van der Waals surface area contributed by atoms with Crippen molar-refractivity contribution < 1.29 is 0 Å². The lowest BCUT2D eigenvalue weighted by atomic mass is 10.0. The van der Waals surface area contributed by atoms with Crippen LogP contribution in [0.15, 0.2) is 30.7 Å². The standard InChI is InChI=1S/C15H19Cl2N3/c1-3-7-18-14(15-9-20(2)10-19-15)8-11-12(16)5-4-6-13(11)17/h4-6,9-10,14,18H,3,7-8H2,1-2H3. The van der Waals surface area contributed by atoms with Crippen LogP contribution in [0.4, 0.5) is 0 Å². The molecule has 0 fully saturated rings. The molecular formula is C15H19Cl2N3. The maximum atomic E-state index is 6.26. The molecule has 3 nitrogen and oxygen atoms in total. The molecule has 1 aromatic heterocycles. The summed E-state index contributed by atoms with van der Waals surface area (Å²) in [5.41, 5.74) is 1.98. The number of rotatable bonds is 6. The SMILES string of the molecule is CCCNC(Cc1c(Cl)cccc1Cl)c1cn(C)cn1. The predicted molar refractivity (Wildman–Crippen MR) is 84.4 cm³/mol. The van der Waals surface area contributed by atoms with E-state index in [0.29, 0.717) is 10.0 Å². The molecule has 2 rings (SSSR count). The number of benzene rings is 1. The molecule has 5 heteroatoms. The normalized spacial score (nSPS) is 12.6. The van der Waals surface area contributed by atoms with E-state index in [9.17, 15) is 0 Å². The van der Waals surface area contributed by atoms with Gasteiger partial charge in [-0.1, -0.05) is 36.2 Å². The second-order valence-electron chi connectivity index (χ2n) is 4.88. The van der Waals surface area contributed by atoms with Crippen molar-refractivity contribution in [1.82, 2.24) is 14.9 Å². The minimum Gasteiger partial charge on any atom is -0.340 e. The molecule has 0 aliphatic carbocycles. The van der Waals surface area contributed by atoms with Crippen LogP contribution in [0, 0.1) is 0 Å². The molecule has 1 heterocycles. The third-order valence-corrected chi connectivity index (χ3v) is 3.90. The van der Waals surface area contributed by atoms with Gasteiger partial charge in [0.1, 0.15) is 0 Å². The summed E-state index contributed by atoms with van der Waals surface area (Å²) in [6.07, 6.45) is 5.64. The highest BCUT2D eigenvalue weighted by molar-refractivity contribution is 6.36. The number of imidazole rings is 1. The first-order valence-electron chi connectivity index (χ1n) is 6.76. The quantitative estimate of drug-likeness (QED) is 0.873. The van der Waals surface area contributed by atoms with Crippen molar-refractivity contribution in [1.29, 1.82) is 0 Å². The number of aromatic nitrogens is 2. The summed E-state index contributed by atoms with van der Waals surface area (Å²) in [7, 11) is 1.97. The molecule has 1 atom stereocenters. The Balaban J connectivity index is 2.23. The molecule has 0 saturated carbocycles. The second kappa shape index (κ2) is 7.11. The predicted octanol–water partition coefficient (Wildman–Crippen LogP) is 4.01. The number of nitrogens with zero attached hydrogens (tertiary/aromatic N) is 2. The van der Waals surface area contributed by atoms with Gasteiger partial charge < -0.3 is 9.88 Å². The Morgan fingerprint density at radius 1 is 1.30 bits per heavy atom. The Bertz CT molecular complexity index is 546. The number of nitrogens with one attached hydrogen (secondary N) is 1. The first kappa shape index (κ1) is 15.4. The number of aryl methyl sites for hydroxylation is 1. The van der Waals surface area contributed by atoms with E-state index < -0.39 is 0 Å². The minimum absolute atomic E-state index is 0.119. The number of hydrogen-bond acceptors (Lipinski definition) is 2. The van der Waals surface area contributed by atoms with Gasteiger partial charge >= 0.3 is 0 Å². The summed E-state index contributed by atoms with van der Waals surface area (Å²) in [5.74, 6) is 0. The molecule has 108 valence electrons. The lowest BCUT2D eigenvalue weighted by Crippen LogP contribution is -2.24. The van der Waals surface area contributed by atoms with Crippen LogP contribution in [0.3, 0.4) is 0 Å². The molecule has 0 spiro atoms. The zero-order valence-electron chi connectivity index (χ0n) is 11.7. The van der Waals surface area contributed by atoms with Crippen LogP contribution in [0.25, 0.3) is 0 Å². The van der Waals surface area contributed by atoms with E-state index in [-0.39, 0.29) is 6.04 Å². The Morgan fingerprint density at radius 3 is 2.55 bits per heavy atom. The molecule has 1 N–H and O–H groups in total. The van der Waals surface area contributed by atoms with Gasteiger partial charge in [-0.15, -0.1) is 0 Å². The van der Waals surface area contributed by atoms with Crippen molar-refractivity contribution in [2.24, 2.45) is 7.05 Å². The van der Waals surface area contributed by atoms with Gasteiger partial charge in [0.15, 0.2) is 0 Å². The molecule has 2 aromatic rings. The third-order valence-electron chi connectivity index (χ3n) is 3.19. The van der Waals surface area contributed by atoms with Gasteiger partial charge in [0.25, 0.3) is 0 Å².